The minimum absolute atomic E-state index is 0. The number of hydrogen-bond donors (Lipinski definition) is 3. The molecule has 0 bridgehead atoms. The van der Waals surface area contributed by atoms with Gasteiger partial charge in [0.15, 0.2) is 0 Å². The third-order valence-corrected chi connectivity index (χ3v) is 5.48. The largest absolute Gasteiger partial charge is 0.664 e. The number of nitrogens with zero attached hydrogens (tertiary/aromatic N) is 1. The maximum atomic E-state index is 8.06. The van der Waals surface area contributed by atoms with Gasteiger partial charge in [-0.25, -0.2) is 0 Å². The Morgan fingerprint density at radius 1 is 0.636 bits per heavy atom. The van der Waals surface area contributed by atoms with E-state index in [9.17, 15) is 0 Å². The number of aliphatic hydroxyl groups is 3. The molecule has 1 heterocycles. The van der Waals surface area contributed by atoms with E-state index < -0.39 is 0 Å². The maximum absolute atomic E-state index is 8.06. The summed E-state index contributed by atoms with van der Waals surface area (Å²) >= 11 is 0. The second-order valence-corrected chi connectivity index (χ2v) is 11.4. The molecule has 4 nitrogen and oxygen atoms in total. The van der Waals surface area contributed by atoms with Crippen LogP contribution in [0.4, 0.5) is 0 Å². The molecule has 5 heteroatoms. The maximum Gasteiger partial charge on any atom is 0.0483 e. The molecule has 0 atom stereocenters. The number of rotatable bonds is 6. The molecule has 0 saturated heterocycles. The Morgan fingerprint density at radius 3 is 1.15 bits per heavy atom. The molecule has 198 valence electrons. The number of aromatic nitrogens is 1. The molecule has 1 rings (SSSR count). The Bertz CT molecular complexity index is 532. The van der Waals surface area contributed by atoms with Crippen molar-refractivity contribution in [3.63, 3.8) is 0 Å². The third kappa shape index (κ3) is 19.0. The standard InChI is InChI=1S/C19H34N.3C3H8O.Zr/c1-10-17(4,5)14-13-15(18(6,7)11-2)20-16(14)19(8,9)12-3;3*1-3(2)4;/h13H,10-12H2,1-9H3;3*3-4H,1-2H3;/q-1;;;;. The summed E-state index contributed by atoms with van der Waals surface area (Å²) < 4.78 is 0. The minimum Gasteiger partial charge on any atom is -0.664 e. The zero-order valence-corrected chi connectivity index (χ0v) is 27.2. The fraction of sp³-hybridized carbons (Fsp3) is 0.857. The molecule has 0 aliphatic carbocycles. The van der Waals surface area contributed by atoms with Gasteiger partial charge in [0.05, 0.1) is 0 Å². The van der Waals surface area contributed by atoms with Crippen LogP contribution in [0.15, 0.2) is 6.07 Å². The fourth-order valence-corrected chi connectivity index (χ4v) is 2.34. The van der Waals surface area contributed by atoms with Crippen molar-refractivity contribution in [3.8, 4) is 0 Å². The second kappa shape index (κ2) is 18.3. The second-order valence-electron chi connectivity index (χ2n) is 11.4. The summed E-state index contributed by atoms with van der Waals surface area (Å²) in [7, 11) is 0. The van der Waals surface area contributed by atoms with Gasteiger partial charge in [0.1, 0.15) is 0 Å². The summed E-state index contributed by atoms with van der Waals surface area (Å²) in [6, 6.07) is 2.39. The fourth-order valence-electron chi connectivity index (χ4n) is 2.34. The first-order chi connectivity index (χ1) is 14.2. The summed E-state index contributed by atoms with van der Waals surface area (Å²) in [4.78, 5) is 5.11. The zero-order chi connectivity index (χ0) is 26.5. The van der Waals surface area contributed by atoms with Crippen molar-refractivity contribution < 1.29 is 41.5 Å². The zero-order valence-electron chi connectivity index (χ0n) is 24.7. The van der Waals surface area contributed by atoms with Crippen LogP contribution >= 0.6 is 0 Å². The van der Waals surface area contributed by atoms with Crippen molar-refractivity contribution in [3.05, 3.63) is 23.0 Å². The predicted molar refractivity (Wildman–Crippen MR) is 142 cm³/mol. The van der Waals surface area contributed by atoms with Gasteiger partial charge in [-0.3, -0.25) is 0 Å². The van der Waals surface area contributed by atoms with Gasteiger partial charge >= 0.3 is 0 Å². The van der Waals surface area contributed by atoms with Crippen LogP contribution in [0.2, 0.25) is 0 Å². The van der Waals surface area contributed by atoms with Crippen molar-refractivity contribution in [2.45, 2.75) is 158 Å². The van der Waals surface area contributed by atoms with Gasteiger partial charge in [0.25, 0.3) is 0 Å². The van der Waals surface area contributed by atoms with Crippen LogP contribution in [-0.2, 0) is 42.4 Å². The van der Waals surface area contributed by atoms with Crippen LogP contribution in [0.5, 0.6) is 0 Å². The Balaban J connectivity index is -0.000000268. The van der Waals surface area contributed by atoms with E-state index in [-0.39, 0.29) is 60.8 Å². The molecule has 0 fully saturated rings. The quantitative estimate of drug-likeness (QED) is 0.363. The molecule has 1 aromatic heterocycles. The van der Waals surface area contributed by atoms with Gasteiger partial charge in [-0.05, 0) is 77.0 Å². The van der Waals surface area contributed by atoms with E-state index in [0.717, 1.165) is 19.3 Å². The van der Waals surface area contributed by atoms with Crippen LogP contribution in [-0.4, -0.2) is 33.6 Å². The smallest absolute Gasteiger partial charge is 0.0483 e. The van der Waals surface area contributed by atoms with E-state index >= 15 is 0 Å². The molecule has 33 heavy (non-hydrogen) atoms. The van der Waals surface area contributed by atoms with Crippen molar-refractivity contribution in [2.75, 3.05) is 0 Å². The summed E-state index contributed by atoms with van der Waals surface area (Å²) in [5.41, 5.74) is 4.58. The van der Waals surface area contributed by atoms with E-state index in [4.69, 9.17) is 20.3 Å². The molecular weight excluding hydrogens is 490 g/mol. The average molecular weight is 548 g/mol. The van der Waals surface area contributed by atoms with Crippen molar-refractivity contribution >= 4 is 0 Å². The summed E-state index contributed by atoms with van der Waals surface area (Å²) in [6.07, 6.45) is 2.91. The van der Waals surface area contributed by atoms with Gasteiger partial charge in [0.2, 0.25) is 0 Å². The Hall–Kier alpha value is 0.0431. The molecule has 1 aromatic rings. The topological polar surface area (TPSA) is 74.8 Å². The van der Waals surface area contributed by atoms with E-state index in [1.54, 1.807) is 41.5 Å². The Labute approximate surface area is 226 Å². The van der Waals surface area contributed by atoms with E-state index in [1.807, 2.05) is 0 Å². The summed E-state index contributed by atoms with van der Waals surface area (Å²) in [5, 5.41) is 24.2. The van der Waals surface area contributed by atoms with Crippen LogP contribution in [0.3, 0.4) is 0 Å². The Morgan fingerprint density at radius 2 is 0.909 bits per heavy atom. The molecule has 0 saturated carbocycles. The molecule has 0 amide bonds. The van der Waals surface area contributed by atoms with Crippen LogP contribution in [0.1, 0.15) is 140 Å². The average Bonchev–Trinajstić information content (AvgIpc) is 3.08. The monoisotopic (exact) mass is 546 g/mol. The molecule has 0 unspecified atom stereocenters. The van der Waals surface area contributed by atoms with Crippen LogP contribution < -0.4 is 4.98 Å². The first-order valence-electron chi connectivity index (χ1n) is 12.4. The SMILES string of the molecule is CC(C)O.CC(C)O.CC(C)O.CCC(C)(C)c1cc(C(C)(C)CC)c(C(C)(C)CC)[n-]1.[Zr]. The van der Waals surface area contributed by atoms with Gasteiger partial charge in [-0.1, -0.05) is 73.9 Å². The first-order valence-corrected chi connectivity index (χ1v) is 12.4. The summed E-state index contributed by atoms with van der Waals surface area (Å²) in [5.74, 6) is 0. The number of aliphatic hydroxyl groups excluding tert-OH is 3. The number of hydrogen-bond acceptors (Lipinski definition) is 3. The normalized spacial score (nSPS) is 11.7. The molecule has 0 aliphatic heterocycles. The third-order valence-electron chi connectivity index (χ3n) is 5.48. The Kier molecular flexibility index (Phi) is 22.3. The van der Waals surface area contributed by atoms with Crippen molar-refractivity contribution in [1.29, 1.82) is 0 Å². The van der Waals surface area contributed by atoms with Gasteiger partial charge < -0.3 is 20.3 Å². The molecular formula is C28H58NO3Zr-. The molecule has 3 N–H and O–H groups in total. The van der Waals surface area contributed by atoms with Gasteiger partial charge in [0, 0.05) is 44.5 Å². The molecule has 0 aliphatic rings. The van der Waals surface area contributed by atoms with Crippen molar-refractivity contribution in [1.82, 2.24) is 4.98 Å². The van der Waals surface area contributed by atoms with Crippen LogP contribution in [0, 0.1) is 0 Å². The van der Waals surface area contributed by atoms with Crippen molar-refractivity contribution in [2.24, 2.45) is 0 Å². The van der Waals surface area contributed by atoms with Gasteiger partial charge in [-0.15, -0.1) is 0 Å². The molecule has 0 radical (unpaired) electrons. The van der Waals surface area contributed by atoms with E-state index in [1.165, 1.54) is 17.0 Å². The molecule has 0 aromatic carbocycles. The molecule has 0 spiro atoms. The van der Waals surface area contributed by atoms with E-state index in [2.05, 4.69) is 68.4 Å². The summed E-state index contributed by atoms with van der Waals surface area (Å²) in [6.45, 7) is 31.1. The minimum atomic E-state index is -0.167. The van der Waals surface area contributed by atoms with Crippen LogP contribution in [0.25, 0.3) is 0 Å². The predicted octanol–water partition coefficient (Wildman–Crippen LogP) is 6.87. The van der Waals surface area contributed by atoms with E-state index in [0.29, 0.717) is 0 Å². The van der Waals surface area contributed by atoms with Gasteiger partial charge in [-0.2, -0.15) is 11.4 Å². The first kappa shape index (κ1) is 40.2.